The number of urea groups is 1. The minimum Gasteiger partial charge on any atom is -0.354 e. The largest absolute Gasteiger partial charge is 0.354 e. The van der Waals surface area contributed by atoms with Crippen molar-refractivity contribution in [2.24, 2.45) is 28.1 Å². The summed E-state index contributed by atoms with van der Waals surface area (Å²) in [6.07, 6.45) is -1.47. The van der Waals surface area contributed by atoms with E-state index in [-0.39, 0.29) is 36.9 Å². The van der Waals surface area contributed by atoms with Crippen LogP contribution in [-0.2, 0) is 30.8 Å². The fourth-order valence-electron chi connectivity index (χ4n) is 6.71. The van der Waals surface area contributed by atoms with Crippen molar-refractivity contribution in [2.45, 2.75) is 105 Å². The summed E-state index contributed by atoms with van der Waals surface area (Å²) in [5, 5.41) is 10.7. The number of sulfonamides is 1. The first-order valence-corrected chi connectivity index (χ1v) is 19.0. The molecule has 50 heavy (non-hydrogen) atoms. The molecule has 2 fully saturated rings. The second kappa shape index (κ2) is 15.9. The van der Waals surface area contributed by atoms with Gasteiger partial charge in [0.05, 0.1) is 6.26 Å². The van der Waals surface area contributed by atoms with Gasteiger partial charge in [0.15, 0.2) is 0 Å². The number of nitrogens with zero attached hydrogens (tertiary/aromatic N) is 1. The first-order valence-electron chi connectivity index (χ1n) is 17.2. The molecule has 15 heteroatoms. The van der Waals surface area contributed by atoms with E-state index in [1.807, 2.05) is 65.0 Å². The molecule has 6 atom stereocenters. The van der Waals surface area contributed by atoms with Crippen molar-refractivity contribution in [3.63, 3.8) is 0 Å². The number of hydrogen-bond donors (Lipinski definition) is 5. The van der Waals surface area contributed by atoms with E-state index in [1.165, 1.54) is 4.90 Å². The van der Waals surface area contributed by atoms with Crippen LogP contribution in [0.2, 0.25) is 0 Å². The summed E-state index contributed by atoms with van der Waals surface area (Å²) >= 11 is 0. The van der Waals surface area contributed by atoms with E-state index in [0.29, 0.717) is 12.8 Å². The second-order valence-electron chi connectivity index (χ2n) is 16.4. The molecule has 1 heterocycles. The Kier molecular flexibility index (Phi) is 13.1. The summed E-state index contributed by atoms with van der Waals surface area (Å²) in [6.45, 7) is 15.1. The van der Waals surface area contributed by atoms with Gasteiger partial charge in [-0.05, 0) is 46.5 Å². The Bertz CT molecular complexity index is 1480. The molecule has 0 unspecified atom stereocenters. The number of fused-ring (bicyclic) bond motifs is 1. The summed E-state index contributed by atoms with van der Waals surface area (Å²) in [4.78, 5) is 56.0. The van der Waals surface area contributed by atoms with E-state index >= 15 is 0 Å². The fraction of sp³-hybridized carbons (Fsp3) is 0.714. The molecule has 5 amide bonds. The number of carbonyl (C=O) groups excluding carboxylic acids is 4. The average molecular weight is 727 g/mol. The maximum absolute atomic E-state index is 14.3. The number of benzene rings is 1. The van der Waals surface area contributed by atoms with E-state index in [0.717, 1.165) is 11.8 Å². The van der Waals surface area contributed by atoms with Crippen LogP contribution in [0.1, 0.15) is 73.8 Å². The maximum atomic E-state index is 14.3. The van der Waals surface area contributed by atoms with E-state index < -0.39 is 81.6 Å². The molecule has 1 saturated carbocycles. The summed E-state index contributed by atoms with van der Waals surface area (Å²) in [7, 11) is -3.54. The van der Waals surface area contributed by atoms with Gasteiger partial charge >= 0.3 is 6.03 Å². The molecule has 2 aliphatic rings. The van der Waals surface area contributed by atoms with Crippen molar-refractivity contribution in [3.8, 4) is 0 Å². The zero-order valence-electron chi connectivity index (χ0n) is 30.7. The Morgan fingerprint density at radius 2 is 1.58 bits per heavy atom. The van der Waals surface area contributed by atoms with Gasteiger partial charge in [-0.2, -0.15) is 0 Å². The van der Waals surface area contributed by atoms with Gasteiger partial charge in [0.2, 0.25) is 34.2 Å². The Hall–Kier alpha value is -3.33. The third-order valence-corrected chi connectivity index (χ3v) is 10.6. The van der Waals surface area contributed by atoms with Crippen LogP contribution in [0, 0.1) is 28.1 Å². The van der Waals surface area contributed by atoms with Gasteiger partial charge in [-0.25, -0.2) is 26.7 Å². The number of amides is 5. The number of hydrogen-bond acceptors (Lipinski definition) is 6. The van der Waals surface area contributed by atoms with Gasteiger partial charge < -0.3 is 26.2 Å². The van der Waals surface area contributed by atoms with Crippen LogP contribution in [0.25, 0.3) is 0 Å². The van der Waals surface area contributed by atoms with Gasteiger partial charge in [0, 0.05) is 32.1 Å². The predicted molar refractivity (Wildman–Crippen MR) is 188 cm³/mol. The van der Waals surface area contributed by atoms with Crippen molar-refractivity contribution in [1.82, 2.24) is 30.9 Å². The van der Waals surface area contributed by atoms with E-state index in [9.17, 15) is 36.4 Å². The fourth-order valence-corrected chi connectivity index (χ4v) is 7.18. The number of nitrogens with one attached hydrogen (secondary N) is 5. The number of alkyl halides is 2. The molecule has 1 aliphatic carbocycles. The van der Waals surface area contributed by atoms with Crippen LogP contribution in [0.15, 0.2) is 30.3 Å². The van der Waals surface area contributed by atoms with Crippen molar-refractivity contribution >= 4 is 33.8 Å². The molecule has 0 radical (unpaired) electrons. The van der Waals surface area contributed by atoms with E-state index in [4.69, 9.17) is 0 Å². The molecule has 5 N–H and O–H groups in total. The van der Waals surface area contributed by atoms with E-state index in [2.05, 4.69) is 26.0 Å². The van der Waals surface area contributed by atoms with Crippen LogP contribution in [0.3, 0.4) is 0 Å². The molecule has 0 spiro atoms. The maximum Gasteiger partial charge on any atom is 0.315 e. The molecular formula is C35H56F2N6O6S. The monoisotopic (exact) mass is 726 g/mol. The predicted octanol–water partition coefficient (Wildman–Crippen LogP) is 3.04. The van der Waals surface area contributed by atoms with Gasteiger partial charge in [-0.1, -0.05) is 85.7 Å². The molecule has 0 bridgehead atoms. The quantitative estimate of drug-likeness (QED) is 0.174. The number of likely N-dealkylation sites (tertiary alicyclic amines) is 1. The summed E-state index contributed by atoms with van der Waals surface area (Å²) < 4.78 is 53.2. The average Bonchev–Trinajstić information content (AvgIpc) is 3.30. The molecule has 3 rings (SSSR count). The zero-order chi connectivity index (χ0) is 37.8. The Morgan fingerprint density at radius 3 is 2.12 bits per heavy atom. The number of halogens is 2. The molecular weight excluding hydrogens is 670 g/mol. The highest BCUT2D eigenvalue weighted by atomic mass is 32.2. The van der Waals surface area contributed by atoms with Crippen molar-refractivity contribution in [2.75, 3.05) is 25.9 Å². The summed E-state index contributed by atoms with van der Waals surface area (Å²) in [5.41, 5.74) is -0.599. The topological polar surface area (TPSA) is 166 Å². The lowest BCUT2D eigenvalue weighted by Crippen LogP contribution is -2.62. The molecule has 1 aliphatic heterocycles. The minimum absolute atomic E-state index is 0.0376. The van der Waals surface area contributed by atoms with Crippen LogP contribution in [0.5, 0.6) is 0 Å². The van der Waals surface area contributed by atoms with Gasteiger partial charge in [-0.15, -0.1) is 0 Å². The van der Waals surface area contributed by atoms with Crippen LogP contribution in [0.4, 0.5) is 13.6 Å². The smallest absolute Gasteiger partial charge is 0.315 e. The van der Waals surface area contributed by atoms with Crippen molar-refractivity contribution in [1.29, 1.82) is 0 Å². The van der Waals surface area contributed by atoms with Crippen LogP contribution < -0.4 is 26.0 Å². The highest BCUT2D eigenvalue weighted by Crippen LogP contribution is 2.65. The van der Waals surface area contributed by atoms with E-state index in [1.54, 1.807) is 20.8 Å². The Labute approximate surface area is 295 Å². The normalized spacial score (nSPS) is 21.8. The highest BCUT2D eigenvalue weighted by molar-refractivity contribution is 7.88. The highest BCUT2D eigenvalue weighted by Gasteiger charge is 2.70. The molecule has 282 valence electrons. The lowest BCUT2D eigenvalue weighted by Gasteiger charge is -2.38. The molecule has 1 saturated heterocycles. The van der Waals surface area contributed by atoms with Gasteiger partial charge in [0.25, 0.3) is 0 Å². The third-order valence-electron chi connectivity index (χ3n) is 9.88. The molecule has 12 nitrogen and oxygen atoms in total. The summed E-state index contributed by atoms with van der Waals surface area (Å²) in [5.74, 6) is -2.25. The van der Waals surface area contributed by atoms with Crippen LogP contribution >= 0.6 is 0 Å². The zero-order valence-corrected chi connectivity index (χ0v) is 31.5. The van der Waals surface area contributed by atoms with Crippen molar-refractivity contribution < 1.29 is 36.4 Å². The number of piperidine rings is 1. The van der Waals surface area contributed by atoms with Gasteiger partial charge in [-0.3, -0.25) is 14.4 Å². The number of carbonyl (C=O) groups is 4. The van der Waals surface area contributed by atoms with Crippen LogP contribution in [-0.4, -0.2) is 93.6 Å². The first-order chi connectivity index (χ1) is 22.9. The van der Waals surface area contributed by atoms with Gasteiger partial charge in [0.1, 0.15) is 18.1 Å². The number of rotatable bonds is 15. The Balaban J connectivity index is 1.76. The molecule has 1 aromatic carbocycles. The minimum atomic E-state index is -3.54. The Morgan fingerprint density at radius 1 is 0.960 bits per heavy atom. The molecule has 0 aromatic heterocycles. The second-order valence-corrected chi connectivity index (χ2v) is 18.2. The number of aryl methyl sites for hydroxylation is 1. The molecule has 1 aromatic rings. The third kappa shape index (κ3) is 11.1. The van der Waals surface area contributed by atoms with Crippen molar-refractivity contribution in [3.05, 3.63) is 35.9 Å². The first kappa shape index (κ1) is 41.1. The lowest BCUT2D eigenvalue weighted by molar-refractivity contribution is -0.144. The lowest BCUT2D eigenvalue weighted by atomic mass is 9.85. The SMILES string of the molecule is CC(C)(C)[C@H](NC(=O)N[C@H](CNS(C)(=O)=O)C(C)(C)C)C(=O)N1C[C@H]2[C@@H]([C@H]1C(=O)N[C@@H](CC(F)F)C(=O)NCCCc1ccccc1)C2(C)C. The standard InChI is InChI=1S/C35H56F2N6O6S/c1-33(2,3)24(19-39-50(9,48)49)41-32(47)42-28(34(4,5)6)31(46)43-20-22-26(35(22,7)8)27(43)30(45)40-23(18-25(36)37)29(44)38-17-13-16-21-14-11-10-12-15-21/h10-12,14-15,22-28,39H,13,16-20H2,1-9H3,(H,38,44)(H,40,45)(H2,41,42,47)/t22-,23-,24+,26-,27-,28+/m0/s1. The summed E-state index contributed by atoms with van der Waals surface area (Å²) in [6, 6.07) is 4.65.